The highest BCUT2D eigenvalue weighted by molar-refractivity contribution is 5.81. The smallest absolute Gasteiger partial charge is 0.314 e. The second-order valence-electron chi connectivity index (χ2n) is 3.66. The lowest BCUT2D eigenvalue weighted by Crippen LogP contribution is -2.31. The van der Waals surface area contributed by atoms with Crippen molar-refractivity contribution in [2.45, 2.75) is 18.8 Å². The Morgan fingerprint density at radius 1 is 1.38 bits per heavy atom. The van der Waals surface area contributed by atoms with Crippen LogP contribution in [0.2, 0.25) is 0 Å². The molecule has 0 aliphatic heterocycles. The molecule has 0 saturated heterocycles. The molecule has 0 saturated carbocycles. The van der Waals surface area contributed by atoms with Gasteiger partial charge in [-0.2, -0.15) is 10.5 Å². The van der Waals surface area contributed by atoms with Gasteiger partial charge in [0.15, 0.2) is 0 Å². The zero-order valence-electron chi connectivity index (χ0n) is 8.77. The maximum atomic E-state index is 11.1. The predicted octanol–water partition coefficient (Wildman–Crippen LogP) is 1.81. The molecule has 0 fully saturated rings. The molecule has 1 N–H and O–H groups in total. The molecule has 1 aromatic rings. The van der Waals surface area contributed by atoms with E-state index < -0.39 is 11.4 Å². The van der Waals surface area contributed by atoms with E-state index in [-0.39, 0.29) is 6.42 Å². The van der Waals surface area contributed by atoms with Crippen LogP contribution in [0.5, 0.6) is 0 Å². The summed E-state index contributed by atoms with van der Waals surface area (Å²) in [5.41, 5.74) is -0.225. The van der Waals surface area contributed by atoms with Crippen molar-refractivity contribution in [1.29, 1.82) is 10.5 Å². The molecule has 0 amide bonds. The van der Waals surface area contributed by atoms with Gasteiger partial charge in [0, 0.05) is 0 Å². The first-order chi connectivity index (χ1) is 7.54. The Labute approximate surface area is 93.4 Å². The van der Waals surface area contributed by atoms with Crippen molar-refractivity contribution < 1.29 is 9.90 Å². The van der Waals surface area contributed by atoms with Crippen LogP contribution >= 0.6 is 0 Å². The largest absolute Gasteiger partial charge is 0.481 e. The predicted molar refractivity (Wildman–Crippen MR) is 56.4 cm³/mol. The summed E-state index contributed by atoms with van der Waals surface area (Å²) in [5.74, 6) is -1.04. The lowest BCUT2D eigenvalue weighted by atomic mass is 9.80. The van der Waals surface area contributed by atoms with Gasteiger partial charge in [-0.05, 0) is 24.6 Å². The Kier molecular flexibility index (Phi) is 3.27. The summed E-state index contributed by atoms with van der Waals surface area (Å²) in [6.45, 7) is 1.50. The van der Waals surface area contributed by atoms with E-state index in [4.69, 9.17) is 15.6 Å². The van der Waals surface area contributed by atoms with E-state index in [9.17, 15) is 4.79 Å². The second-order valence-corrected chi connectivity index (χ2v) is 3.66. The molecule has 0 aliphatic rings. The van der Waals surface area contributed by atoms with Gasteiger partial charge in [-0.15, -0.1) is 0 Å². The van der Waals surface area contributed by atoms with Crippen molar-refractivity contribution in [3.63, 3.8) is 0 Å². The monoisotopic (exact) mass is 214 g/mol. The standard InChI is InChI=1S/C12H10N2O2/c1-12(6-7-13,11(15)16)10-4-2-9(8-14)3-5-10/h2-5H,6H2,1H3,(H,15,16). The van der Waals surface area contributed by atoms with E-state index in [1.165, 1.54) is 6.92 Å². The molecular weight excluding hydrogens is 204 g/mol. The van der Waals surface area contributed by atoms with Gasteiger partial charge in [0.2, 0.25) is 0 Å². The topological polar surface area (TPSA) is 84.9 Å². The van der Waals surface area contributed by atoms with E-state index in [0.29, 0.717) is 11.1 Å². The van der Waals surface area contributed by atoms with Gasteiger partial charge in [-0.1, -0.05) is 12.1 Å². The van der Waals surface area contributed by atoms with Crippen LogP contribution in [0.15, 0.2) is 24.3 Å². The van der Waals surface area contributed by atoms with Crippen LogP contribution in [0.1, 0.15) is 24.5 Å². The molecule has 1 unspecified atom stereocenters. The van der Waals surface area contributed by atoms with Crippen LogP contribution in [0.25, 0.3) is 0 Å². The molecule has 80 valence electrons. The van der Waals surface area contributed by atoms with Crippen molar-refractivity contribution in [2.75, 3.05) is 0 Å². The third-order valence-corrected chi connectivity index (χ3v) is 2.56. The number of benzene rings is 1. The van der Waals surface area contributed by atoms with Gasteiger partial charge in [0.1, 0.15) is 5.41 Å². The van der Waals surface area contributed by atoms with Crippen molar-refractivity contribution in [3.05, 3.63) is 35.4 Å². The van der Waals surface area contributed by atoms with Gasteiger partial charge < -0.3 is 5.11 Å². The van der Waals surface area contributed by atoms with Crippen molar-refractivity contribution in [2.24, 2.45) is 0 Å². The van der Waals surface area contributed by atoms with E-state index in [0.717, 1.165) is 0 Å². The molecule has 4 nitrogen and oxygen atoms in total. The van der Waals surface area contributed by atoms with E-state index in [2.05, 4.69) is 0 Å². The van der Waals surface area contributed by atoms with Gasteiger partial charge in [-0.3, -0.25) is 4.79 Å². The SMILES string of the molecule is CC(CC#N)(C(=O)O)c1ccc(C#N)cc1. The zero-order valence-corrected chi connectivity index (χ0v) is 8.77. The number of aliphatic carboxylic acids is 1. The van der Waals surface area contributed by atoms with Crippen LogP contribution in [-0.4, -0.2) is 11.1 Å². The normalized spacial score (nSPS) is 13.2. The number of hydrogen-bond acceptors (Lipinski definition) is 3. The molecule has 0 aliphatic carbocycles. The lowest BCUT2D eigenvalue weighted by molar-refractivity contribution is -0.143. The Balaban J connectivity index is 3.19. The fraction of sp³-hybridized carbons (Fsp3) is 0.250. The van der Waals surface area contributed by atoms with Crippen LogP contribution in [-0.2, 0) is 10.2 Å². The van der Waals surface area contributed by atoms with Gasteiger partial charge in [0.25, 0.3) is 0 Å². The summed E-state index contributed by atoms with van der Waals surface area (Å²) in [5, 5.41) is 26.4. The van der Waals surface area contributed by atoms with Crippen molar-refractivity contribution in [3.8, 4) is 12.1 Å². The summed E-state index contributed by atoms with van der Waals surface area (Å²) in [7, 11) is 0. The first kappa shape index (κ1) is 11.7. The Hall–Kier alpha value is -2.33. The third kappa shape index (κ3) is 2.02. The van der Waals surface area contributed by atoms with Crippen LogP contribution in [0.3, 0.4) is 0 Å². The molecule has 0 aromatic heterocycles. The van der Waals surface area contributed by atoms with E-state index in [1.54, 1.807) is 24.3 Å². The van der Waals surface area contributed by atoms with Gasteiger partial charge in [-0.25, -0.2) is 0 Å². The van der Waals surface area contributed by atoms with Crippen LogP contribution < -0.4 is 0 Å². The molecule has 16 heavy (non-hydrogen) atoms. The Morgan fingerprint density at radius 2 is 1.94 bits per heavy atom. The average molecular weight is 214 g/mol. The number of hydrogen-bond donors (Lipinski definition) is 1. The quantitative estimate of drug-likeness (QED) is 0.831. The van der Waals surface area contributed by atoms with E-state index >= 15 is 0 Å². The fourth-order valence-electron chi connectivity index (χ4n) is 1.37. The summed E-state index contributed by atoms with van der Waals surface area (Å²) in [6.07, 6.45) is -0.103. The van der Waals surface area contributed by atoms with Gasteiger partial charge >= 0.3 is 5.97 Å². The summed E-state index contributed by atoms with van der Waals surface area (Å²) in [6, 6.07) is 10.1. The lowest BCUT2D eigenvalue weighted by Gasteiger charge is -2.21. The summed E-state index contributed by atoms with van der Waals surface area (Å²) < 4.78 is 0. The maximum absolute atomic E-state index is 11.1. The van der Waals surface area contributed by atoms with Crippen molar-refractivity contribution >= 4 is 5.97 Å². The number of carboxylic acids is 1. The summed E-state index contributed by atoms with van der Waals surface area (Å²) >= 11 is 0. The minimum Gasteiger partial charge on any atom is -0.481 e. The molecule has 0 spiro atoms. The molecule has 0 heterocycles. The zero-order chi connectivity index (χ0) is 12.2. The minimum absolute atomic E-state index is 0.103. The van der Waals surface area contributed by atoms with Crippen molar-refractivity contribution in [1.82, 2.24) is 0 Å². The summed E-state index contributed by atoms with van der Waals surface area (Å²) in [4.78, 5) is 11.1. The Bertz CT molecular complexity index is 479. The molecule has 0 radical (unpaired) electrons. The van der Waals surface area contributed by atoms with E-state index in [1.807, 2.05) is 12.1 Å². The van der Waals surface area contributed by atoms with Gasteiger partial charge in [0.05, 0.1) is 24.1 Å². The highest BCUT2D eigenvalue weighted by Crippen LogP contribution is 2.27. The average Bonchev–Trinajstić information content (AvgIpc) is 2.29. The maximum Gasteiger partial charge on any atom is 0.314 e. The van der Waals surface area contributed by atoms with Crippen LogP contribution in [0.4, 0.5) is 0 Å². The molecule has 4 heteroatoms. The highest BCUT2D eigenvalue weighted by Gasteiger charge is 2.34. The second kappa shape index (κ2) is 4.46. The number of carboxylic acid groups (broad SMARTS) is 1. The molecule has 1 atom stereocenters. The molecule has 1 rings (SSSR count). The number of nitriles is 2. The number of carbonyl (C=O) groups is 1. The molecule has 1 aromatic carbocycles. The fourth-order valence-corrected chi connectivity index (χ4v) is 1.37. The third-order valence-electron chi connectivity index (χ3n) is 2.56. The first-order valence-corrected chi connectivity index (χ1v) is 4.65. The number of nitrogens with zero attached hydrogens (tertiary/aromatic N) is 2. The first-order valence-electron chi connectivity index (χ1n) is 4.65. The van der Waals surface area contributed by atoms with Crippen LogP contribution in [0, 0.1) is 22.7 Å². The minimum atomic E-state index is -1.22. The Morgan fingerprint density at radius 3 is 2.31 bits per heavy atom. The number of rotatable bonds is 3. The molecular formula is C12H10N2O2. The molecule has 0 bridgehead atoms. The highest BCUT2D eigenvalue weighted by atomic mass is 16.4.